The van der Waals surface area contributed by atoms with Crippen LogP contribution in [0.1, 0.15) is 13.8 Å². The molecule has 4 heteroatoms. The number of esters is 1. The smallest absolute Gasteiger partial charge is 0.325 e. The van der Waals surface area contributed by atoms with Crippen molar-refractivity contribution in [2.24, 2.45) is 5.41 Å². The summed E-state index contributed by atoms with van der Waals surface area (Å²) >= 11 is 5.29. The molecule has 3 nitrogen and oxygen atoms in total. The van der Waals surface area contributed by atoms with Crippen LogP contribution in [0.2, 0.25) is 0 Å². The molecule has 0 bridgehead atoms. The number of para-hydroxylation sites is 1. The molecule has 0 fully saturated rings. The molecule has 0 saturated heterocycles. The summed E-state index contributed by atoms with van der Waals surface area (Å²) in [6.45, 7) is 2.85. The van der Waals surface area contributed by atoms with Gasteiger partial charge in [-0.3, -0.25) is 9.59 Å². The Morgan fingerprint density at radius 3 is 2.20 bits per heavy atom. The standard InChI is InChI=1S/C11H11ClO3/c1-11(2,9(12)13)10(14)15-8-6-4-3-5-7-8/h3-7H,1-2H3. The molecule has 0 radical (unpaired) electrons. The number of benzene rings is 1. The Morgan fingerprint density at radius 2 is 1.73 bits per heavy atom. The number of rotatable bonds is 3. The highest BCUT2D eigenvalue weighted by Gasteiger charge is 2.36. The van der Waals surface area contributed by atoms with E-state index >= 15 is 0 Å². The summed E-state index contributed by atoms with van der Waals surface area (Å²) in [5.74, 6) is -0.262. The van der Waals surface area contributed by atoms with E-state index in [0.29, 0.717) is 5.75 Å². The maximum Gasteiger partial charge on any atom is 0.325 e. The first-order chi connectivity index (χ1) is 6.94. The lowest BCUT2D eigenvalue weighted by Crippen LogP contribution is -2.34. The molecule has 0 amide bonds. The van der Waals surface area contributed by atoms with Crippen LogP contribution in [-0.2, 0) is 9.59 Å². The van der Waals surface area contributed by atoms with E-state index in [4.69, 9.17) is 16.3 Å². The monoisotopic (exact) mass is 226 g/mol. The lowest BCUT2D eigenvalue weighted by atomic mass is 9.96. The third kappa shape index (κ3) is 2.80. The molecule has 0 aliphatic heterocycles. The van der Waals surface area contributed by atoms with Crippen molar-refractivity contribution in [3.05, 3.63) is 30.3 Å². The van der Waals surface area contributed by atoms with E-state index in [-0.39, 0.29) is 0 Å². The molecular formula is C11H11ClO3. The van der Waals surface area contributed by atoms with Crippen LogP contribution in [0.5, 0.6) is 5.75 Å². The van der Waals surface area contributed by atoms with Gasteiger partial charge in [-0.2, -0.15) is 0 Å². The van der Waals surface area contributed by atoms with Crippen LogP contribution in [0.3, 0.4) is 0 Å². The molecule has 0 N–H and O–H groups in total. The van der Waals surface area contributed by atoms with Crippen LogP contribution < -0.4 is 4.74 Å². The molecule has 0 aliphatic rings. The highest BCUT2D eigenvalue weighted by Crippen LogP contribution is 2.22. The van der Waals surface area contributed by atoms with Gasteiger partial charge in [0.25, 0.3) is 0 Å². The molecule has 0 atom stereocenters. The molecule has 15 heavy (non-hydrogen) atoms. The Balaban J connectivity index is 2.77. The summed E-state index contributed by atoms with van der Waals surface area (Å²) in [7, 11) is 0. The van der Waals surface area contributed by atoms with Crippen LogP contribution in [-0.4, -0.2) is 11.2 Å². The van der Waals surface area contributed by atoms with Crippen molar-refractivity contribution >= 4 is 22.8 Å². The molecule has 0 heterocycles. The molecule has 0 unspecified atom stereocenters. The fourth-order valence-electron chi connectivity index (χ4n) is 0.803. The number of ether oxygens (including phenoxy) is 1. The number of hydrogen-bond donors (Lipinski definition) is 0. The number of hydrogen-bond acceptors (Lipinski definition) is 3. The van der Waals surface area contributed by atoms with E-state index in [0.717, 1.165) is 0 Å². The Morgan fingerprint density at radius 1 is 1.20 bits per heavy atom. The summed E-state index contributed by atoms with van der Waals surface area (Å²) in [5.41, 5.74) is -1.32. The Labute approximate surface area is 93.0 Å². The van der Waals surface area contributed by atoms with Crippen LogP contribution in [0, 0.1) is 5.41 Å². The van der Waals surface area contributed by atoms with Crippen molar-refractivity contribution in [3.8, 4) is 5.75 Å². The SMILES string of the molecule is CC(C)(C(=O)Cl)C(=O)Oc1ccccc1. The van der Waals surface area contributed by atoms with Crippen molar-refractivity contribution < 1.29 is 14.3 Å². The first kappa shape index (κ1) is 11.7. The third-order valence-corrected chi connectivity index (χ3v) is 2.43. The van der Waals surface area contributed by atoms with E-state index in [2.05, 4.69) is 0 Å². The molecule has 1 aromatic carbocycles. The second-order valence-electron chi connectivity index (χ2n) is 3.60. The average Bonchev–Trinajstić information content (AvgIpc) is 2.18. The maximum absolute atomic E-state index is 11.5. The first-order valence-corrected chi connectivity index (χ1v) is 4.79. The van der Waals surface area contributed by atoms with Crippen molar-refractivity contribution in [2.45, 2.75) is 13.8 Å². The molecular weight excluding hydrogens is 216 g/mol. The van der Waals surface area contributed by atoms with Gasteiger partial charge in [-0.25, -0.2) is 0 Å². The number of carbonyl (C=O) groups excluding carboxylic acids is 2. The van der Waals surface area contributed by atoms with E-state index < -0.39 is 16.6 Å². The first-order valence-electron chi connectivity index (χ1n) is 4.42. The second kappa shape index (κ2) is 4.45. The number of carbonyl (C=O) groups is 2. The van der Waals surface area contributed by atoms with Crippen LogP contribution in [0.15, 0.2) is 30.3 Å². The third-order valence-electron chi connectivity index (χ3n) is 1.96. The molecule has 0 aromatic heterocycles. The normalized spacial score (nSPS) is 10.9. The predicted molar refractivity (Wildman–Crippen MR) is 56.7 cm³/mol. The maximum atomic E-state index is 11.5. The van der Waals surface area contributed by atoms with Gasteiger partial charge in [-0.05, 0) is 37.6 Å². The summed E-state index contributed by atoms with van der Waals surface area (Å²) in [5, 5.41) is -0.733. The zero-order valence-electron chi connectivity index (χ0n) is 8.49. The fourth-order valence-corrected chi connectivity index (χ4v) is 0.881. The van der Waals surface area contributed by atoms with Gasteiger partial charge in [0.15, 0.2) is 0 Å². The lowest BCUT2D eigenvalue weighted by Gasteiger charge is -2.17. The minimum atomic E-state index is -1.32. The summed E-state index contributed by atoms with van der Waals surface area (Å²) < 4.78 is 5.00. The zero-order chi connectivity index (χ0) is 11.5. The van der Waals surface area contributed by atoms with E-state index in [1.54, 1.807) is 30.3 Å². The van der Waals surface area contributed by atoms with E-state index in [9.17, 15) is 9.59 Å². The minimum absolute atomic E-state index is 0.397. The van der Waals surface area contributed by atoms with Crippen LogP contribution in [0.25, 0.3) is 0 Å². The van der Waals surface area contributed by atoms with Crippen molar-refractivity contribution in [1.82, 2.24) is 0 Å². The molecule has 0 saturated carbocycles. The van der Waals surface area contributed by atoms with Crippen molar-refractivity contribution in [1.29, 1.82) is 0 Å². The lowest BCUT2D eigenvalue weighted by molar-refractivity contribution is -0.147. The summed E-state index contributed by atoms with van der Waals surface area (Å²) in [6.07, 6.45) is 0. The van der Waals surface area contributed by atoms with E-state index in [1.807, 2.05) is 0 Å². The Kier molecular flexibility index (Phi) is 3.48. The van der Waals surface area contributed by atoms with Crippen molar-refractivity contribution in [2.75, 3.05) is 0 Å². The van der Waals surface area contributed by atoms with Crippen LogP contribution in [0.4, 0.5) is 0 Å². The van der Waals surface area contributed by atoms with Gasteiger partial charge in [0, 0.05) is 0 Å². The molecule has 1 aromatic rings. The quantitative estimate of drug-likeness (QED) is 0.344. The van der Waals surface area contributed by atoms with Gasteiger partial charge in [0.05, 0.1) is 0 Å². The van der Waals surface area contributed by atoms with Gasteiger partial charge in [0.2, 0.25) is 5.24 Å². The van der Waals surface area contributed by atoms with Gasteiger partial charge in [0.1, 0.15) is 11.2 Å². The predicted octanol–water partition coefficient (Wildman–Crippen LogP) is 2.38. The average molecular weight is 227 g/mol. The molecule has 0 spiro atoms. The minimum Gasteiger partial charge on any atom is -0.426 e. The van der Waals surface area contributed by atoms with Gasteiger partial charge in [-0.15, -0.1) is 0 Å². The largest absolute Gasteiger partial charge is 0.426 e. The fraction of sp³-hybridized carbons (Fsp3) is 0.273. The highest BCUT2D eigenvalue weighted by atomic mass is 35.5. The van der Waals surface area contributed by atoms with Gasteiger partial charge in [-0.1, -0.05) is 18.2 Å². The summed E-state index contributed by atoms with van der Waals surface area (Å²) in [4.78, 5) is 22.5. The summed E-state index contributed by atoms with van der Waals surface area (Å²) in [6, 6.07) is 8.53. The zero-order valence-corrected chi connectivity index (χ0v) is 9.25. The highest BCUT2D eigenvalue weighted by molar-refractivity contribution is 6.66. The Hall–Kier alpha value is -1.35. The number of halogens is 1. The molecule has 0 aliphatic carbocycles. The van der Waals surface area contributed by atoms with Gasteiger partial charge < -0.3 is 4.74 Å². The van der Waals surface area contributed by atoms with E-state index in [1.165, 1.54) is 13.8 Å². The van der Waals surface area contributed by atoms with Crippen LogP contribution >= 0.6 is 11.6 Å². The van der Waals surface area contributed by atoms with Gasteiger partial charge >= 0.3 is 5.97 Å². The van der Waals surface area contributed by atoms with Crippen molar-refractivity contribution in [3.63, 3.8) is 0 Å². The Bertz CT molecular complexity index is 371. The second-order valence-corrected chi connectivity index (χ2v) is 3.94. The molecule has 80 valence electrons. The topological polar surface area (TPSA) is 43.4 Å². The molecule has 1 rings (SSSR count).